The van der Waals surface area contributed by atoms with Gasteiger partial charge in [0.25, 0.3) is 0 Å². The van der Waals surface area contributed by atoms with Crippen molar-refractivity contribution in [2.45, 2.75) is 47.5 Å². The van der Waals surface area contributed by atoms with Crippen LogP contribution < -0.4 is 5.32 Å². The van der Waals surface area contributed by atoms with Crippen LogP contribution >= 0.6 is 0 Å². The predicted octanol–water partition coefficient (Wildman–Crippen LogP) is 2.60. The van der Waals surface area contributed by atoms with Crippen LogP contribution in [0.5, 0.6) is 0 Å². The van der Waals surface area contributed by atoms with Crippen LogP contribution in [0, 0.1) is 5.92 Å². The summed E-state index contributed by atoms with van der Waals surface area (Å²) >= 11 is 0. The van der Waals surface area contributed by atoms with Gasteiger partial charge in [-0.1, -0.05) is 27.7 Å². The summed E-state index contributed by atoms with van der Waals surface area (Å²) in [7, 11) is 0. The third kappa shape index (κ3) is 11.4. The number of rotatable bonds is 2. The number of hydrogen-bond acceptors (Lipinski definition) is 2. The summed E-state index contributed by atoms with van der Waals surface area (Å²) in [5.41, 5.74) is 0. The van der Waals surface area contributed by atoms with Gasteiger partial charge in [-0.2, -0.15) is 0 Å². The summed E-state index contributed by atoms with van der Waals surface area (Å²) in [6, 6.07) is 0. The van der Waals surface area contributed by atoms with Gasteiger partial charge in [0.05, 0.1) is 0 Å². The molecule has 0 unspecified atom stereocenters. The predicted molar refractivity (Wildman–Crippen MR) is 64.9 cm³/mol. The fourth-order valence-electron chi connectivity index (χ4n) is 1.24. The molecule has 1 amide bonds. The van der Waals surface area contributed by atoms with Crippen LogP contribution in [0.25, 0.3) is 0 Å². The first-order chi connectivity index (χ1) is 7.29. The Morgan fingerprint density at radius 3 is 2.07 bits per heavy atom. The van der Waals surface area contributed by atoms with E-state index in [1.54, 1.807) is 6.92 Å². The van der Waals surface area contributed by atoms with Crippen LogP contribution in [0.1, 0.15) is 47.5 Å². The second-order valence-corrected chi connectivity index (χ2v) is 2.99. The molecule has 0 aromatic rings. The van der Waals surface area contributed by atoms with Gasteiger partial charge in [-0.15, -0.1) is 0 Å². The Balaban J connectivity index is 0. The first kappa shape index (κ1) is 16.8. The lowest BCUT2D eigenvalue weighted by atomic mass is 10.0. The molecule has 1 N–H and O–H groups in total. The Hall–Kier alpha value is -0.570. The van der Waals surface area contributed by atoms with E-state index in [9.17, 15) is 4.79 Å². The molecule has 15 heavy (non-hydrogen) atoms. The largest absolute Gasteiger partial charge is 0.381 e. The van der Waals surface area contributed by atoms with Crippen molar-refractivity contribution in [3.8, 4) is 0 Å². The smallest absolute Gasteiger partial charge is 0.216 e. The lowest BCUT2D eigenvalue weighted by molar-refractivity contribution is -0.119. The average Bonchev–Trinajstić information content (AvgIpc) is 2.33. The number of ether oxygens (including phenoxy) is 1. The van der Waals surface area contributed by atoms with Gasteiger partial charge in [0.2, 0.25) is 5.91 Å². The SMILES string of the molecule is CC.CC.CC(=O)NCC1CCOCC1. The molecule has 1 saturated heterocycles. The van der Waals surface area contributed by atoms with E-state index in [1.807, 2.05) is 27.7 Å². The van der Waals surface area contributed by atoms with Crippen molar-refractivity contribution >= 4 is 5.91 Å². The molecule has 1 heterocycles. The van der Waals surface area contributed by atoms with Crippen molar-refractivity contribution in [3.05, 3.63) is 0 Å². The molecule has 1 fully saturated rings. The summed E-state index contributed by atoms with van der Waals surface area (Å²) in [4.78, 5) is 10.5. The molecule has 0 aliphatic carbocycles. The maximum absolute atomic E-state index is 10.5. The van der Waals surface area contributed by atoms with Gasteiger partial charge in [0.15, 0.2) is 0 Å². The van der Waals surface area contributed by atoms with Gasteiger partial charge in [0.1, 0.15) is 0 Å². The third-order valence-electron chi connectivity index (χ3n) is 1.98. The lowest BCUT2D eigenvalue weighted by Gasteiger charge is -2.21. The van der Waals surface area contributed by atoms with Crippen molar-refractivity contribution < 1.29 is 9.53 Å². The third-order valence-corrected chi connectivity index (χ3v) is 1.98. The number of hydrogen-bond donors (Lipinski definition) is 1. The van der Waals surface area contributed by atoms with Gasteiger partial charge in [-0.25, -0.2) is 0 Å². The van der Waals surface area contributed by atoms with Gasteiger partial charge in [0, 0.05) is 26.7 Å². The summed E-state index contributed by atoms with van der Waals surface area (Å²) in [6.07, 6.45) is 2.17. The fourth-order valence-corrected chi connectivity index (χ4v) is 1.24. The number of carbonyl (C=O) groups is 1. The highest BCUT2D eigenvalue weighted by molar-refractivity contribution is 5.72. The molecule has 0 bridgehead atoms. The van der Waals surface area contributed by atoms with Gasteiger partial charge in [-0.05, 0) is 18.8 Å². The van der Waals surface area contributed by atoms with E-state index in [1.165, 1.54) is 0 Å². The maximum atomic E-state index is 10.5. The first-order valence-corrected chi connectivity index (χ1v) is 6.11. The highest BCUT2D eigenvalue weighted by atomic mass is 16.5. The minimum Gasteiger partial charge on any atom is -0.381 e. The van der Waals surface area contributed by atoms with Crippen molar-refractivity contribution in [1.29, 1.82) is 0 Å². The van der Waals surface area contributed by atoms with Crippen LogP contribution in [0.3, 0.4) is 0 Å². The molecule has 0 spiro atoms. The van der Waals surface area contributed by atoms with Crippen LogP contribution in [0.4, 0.5) is 0 Å². The zero-order valence-corrected chi connectivity index (χ0v) is 10.9. The molecular weight excluding hydrogens is 190 g/mol. The average molecular weight is 217 g/mol. The number of nitrogens with one attached hydrogen (secondary N) is 1. The van der Waals surface area contributed by atoms with Crippen molar-refractivity contribution in [2.75, 3.05) is 19.8 Å². The van der Waals surface area contributed by atoms with Crippen molar-refractivity contribution in [3.63, 3.8) is 0 Å². The van der Waals surface area contributed by atoms with Gasteiger partial charge < -0.3 is 10.1 Å². The van der Waals surface area contributed by atoms with E-state index in [0.717, 1.165) is 32.6 Å². The quantitative estimate of drug-likeness (QED) is 0.772. The first-order valence-electron chi connectivity index (χ1n) is 6.11. The van der Waals surface area contributed by atoms with Gasteiger partial charge >= 0.3 is 0 Å². The Morgan fingerprint density at radius 1 is 1.20 bits per heavy atom. The maximum Gasteiger partial charge on any atom is 0.216 e. The highest BCUT2D eigenvalue weighted by Crippen LogP contribution is 2.12. The van der Waals surface area contributed by atoms with Crippen LogP contribution in [-0.2, 0) is 9.53 Å². The molecule has 92 valence electrons. The Kier molecular flexibility index (Phi) is 15.1. The summed E-state index contributed by atoms with van der Waals surface area (Å²) < 4.78 is 5.19. The number of carbonyl (C=O) groups excluding carboxylic acids is 1. The summed E-state index contributed by atoms with van der Waals surface area (Å²) in [5, 5.41) is 2.82. The Bertz CT molecular complexity index is 132. The van der Waals surface area contributed by atoms with E-state index >= 15 is 0 Å². The molecule has 0 atom stereocenters. The molecule has 0 radical (unpaired) electrons. The summed E-state index contributed by atoms with van der Waals surface area (Å²) in [5.74, 6) is 0.698. The van der Waals surface area contributed by atoms with E-state index in [0.29, 0.717) is 5.92 Å². The minimum absolute atomic E-state index is 0.0662. The van der Waals surface area contributed by atoms with E-state index < -0.39 is 0 Å². The Labute approximate surface area is 94.6 Å². The molecule has 0 saturated carbocycles. The van der Waals surface area contributed by atoms with Crippen LogP contribution in [-0.4, -0.2) is 25.7 Å². The molecular formula is C12H27NO2. The second-order valence-electron chi connectivity index (χ2n) is 2.99. The molecule has 3 nitrogen and oxygen atoms in total. The lowest BCUT2D eigenvalue weighted by Crippen LogP contribution is -2.30. The minimum atomic E-state index is 0.0662. The molecule has 1 aliphatic rings. The molecule has 0 aromatic heterocycles. The van der Waals surface area contributed by atoms with Crippen LogP contribution in [0.2, 0.25) is 0 Å². The molecule has 3 heteroatoms. The zero-order chi connectivity index (χ0) is 12.1. The van der Waals surface area contributed by atoms with E-state index in [4.69, 9.17) is 4.74 Å². The normalized spacial score (nSPS) is 15.3. The van der Waals surface area contributed by atoms with Gasteiger partial charge in [-0.3, -0.25) is 4.79 Å². The summed E-state index contributed by atoms with van der Waals surface area (Å²) in [6.45, 7) is 12.1. The van der Waals surface area contributed by atoms with Crippen LogP contribution in [0.15, 0.2) is 0 Å². The Morgan fingerprint density at radius 2 is 1.67 bits per heavy atom. The fraction of sp³-hybridized carbons (Fsp3) is 0.917. The zero-order valence-electron chi connectivity index (χ0n) is 10.9. The van der Waals surface area contributed by atoms with E-state index in [-0.39, 0.29) is 5.91 Å². The second kappa shape index (κ2) is 13.4. The van der Waals surface area contributed by atoms with E-state index in [2.05, 4.69) is 5.32 Å². The monoisotopic (exact) mass is 217 g/mol. The molecule has 1 rings (SSSR count). The highest BCUT2D eigenvalue weighted by Gasteiger charge is 2.13. The molecule has 1 aliphatic heterocycles. The standard InChI is InChI=1S/C8H15NO2.2C2H6/c1-7(10)9-6-8-2-4-11-5-3-8;2*1-2/h8H,2-6H2,1H3,(H,9,10);2*1-2H3. The topological polar surface area (TPSA) is 38.3 Å². The van der Waals surface area contributed by atoms with Crippen molar-refractivity contribution in [1.82, 2.24) is 5.32 Å². The number of amides is 1. The molecule has 0 aromatic carbocycles. The van der Waals surface area contributed by atoms with Crippen molar-refractivity contribution in [2.24, 2.45) is 5.92 Å².